The number of H-pyrrole nitrogens is 1. The van der Waals surface area contributed by atoms with E-state index in [4.69, 9.17) is 0 Å². The number of nitrogens with one attached hydrogen (secondary N) is 2. The van der Waals surface area contributed by atoms with Gasteiger partial charge in [0.15, 0.2) is 12.7 Å². The van der Waals surface area contributed by atoms with Gasteiger partial charge in [-0.25, -0.2) is 9.50 Å². The monoisotopic (exact) mass is 407 g/mol. The van der Waals surface area contributed by atoms with Crippen LogP contribution in [0.3, 0.4) is 0 Å². The minimum Gasteiger partial charge on any atom is -0.349 e. The minimum absolute atomic E-state index is 0.0280. The highest BCUT2D eigenvalue weighted by Crippen LogP contribution is 2.29. The first kappa shape index (κ1) is 18.1. The lowest BCUT2D eigenvalue weighted by Gasteiger charge is -2.22. The molecule has 0 aliphatic heterocycles. The van der Waals surface area contributed by atoms with Gasteiger partial charge < -0.3 is 5.32 Å². The molecule has 1 saturated carbocycles. The van der Waals surface area contributed by atoms with Gasteiger partial charge in [-0.3, -0.25) is 4.79 Å². The zero-order valence-corrected chi connectivity index (χ0v) is 17.1. The Morgan fingerprint density at radius 2 is 2.10 bits per heavy atom. The fourth-order valence-electron chi connectivity index (χ4n) is 3.94. The highest BCUT2D eigenvalue weighted by molar-refractivity contribution is 7.12. The van der Waals surface area contributed by atoms with E-state index < -0.39 is 0 Å². The van der Waals surface area contributed by atoms with E-state index in [0.717, 1.165) is 45.6 Å². The maximum Gasteiger partial charge on any atom is 0.261 e. The number of hydrogen-bond acceptors (Lipinski definition) is 4. The van der Waals surface area contributed by atoms with Crippen molar-refractivity contribution >= 4 is 22.9 Å². The molecule has 0 unspecified atom stereocenters. The van der Waals surface area contributed by atoms with Gasteiger partial charge in [0.05, 0.1) is 22.8 Å². The highest BCUT2D eigenvalue weighted by Gasteiger charge is 2.19. The third-order valence-electron chi connectivity index (χ3n) is 5.52. The number of carbonyl (C=O) groups excluding carboxylic acids is 1. The molecule has 0 bridgehead atoms. The molecule has 1 fully saturated rings. The normalized spacial score (nSPS) is 15.1. The zero-order valence-electron chi connectivity index (χ0n) is 16.3. The summed E-state index contributed by atoms with van der Waals surface area (Å²) in [6, 6.07) is 2.26. The number of aromatic amines is 1. The van der Waals surface area contributed by atoms with E-state index in [1.165, 1.54) is 30.6 Å². The van der Waals surface area contributed by atoms with Crippen LogP contribution in [0.4, 0.5) is 0 Å². The Hall–Kier alpha value is -3.00. The van der Waals surface area contributed by atoms with Crippen LogP contribution in [0.1, 0.15) is 41.8 Å². The Kier molecular flexibility index (Phi) is 4.63. The summed E-state index contributed by atoms with van der Waals surface area (Å²) >= 11 is 1.47. The van der Waals surface area contributed by atoms with Crippen molar-refractivity contribution < 1.29 is 9.48 Å². The number of rotatable bonds is 4. The van der Waals surface area contributed by atoms with Gasteiger partial charge in [-0.15, -0.1) is 16.0 Å². The molecule has 1 amide bonds. The largest absolute Gasteiger partial charge is 0.349 e. The van der Waals surface area contributed by atoms with Crippen molar-refractivity contribution in [3.63, 3.8) is 0 Å². The van der Waals surface area contributed by atoms with Gasteiger partial charge in [0, 0.05) is 29.6 Å². The molecule has 29 heavy (non-hydrogen) atoms. The van der Waals surface area contributed by atoms with Crippen LogP contribution >= 0.6 is 11.3 Å². The van der Waals surface area contributed by atoms with Crippen LogP contribution in [0.25, 0.3) is 27.9 Å². The van der Waals surface area contributed by atoms with E-state index in [-0.39, 0.29) is 5.91 Å². The minimum atomic E-state index is 0.0280. The maximum atomic E-state index is 12.6. The predicted molar refractivity (Wildman–Crippen MR) is 112 cm³/mol. The molecule has 5 rings (SSSR count). The maximum absolute atomic E-state index is 12.6. The average Bonchev–Trinajstić information content (AvgIpc) is 3.47. The standard InChI is InChI=1S/C21H22N6OS/c1-26-11-16(9-23-26)15-8-22-20-18(10-24-27(20)12-15)14-7-19(29-13-14)21(28)25-17-5-3-2-4-6-17/h7-13,17H,2-6H2,1H3,(H,25,28)/p+1. The molecule has 2 N–H and O–H groups in total. The molecular weight excluding hydrogens is 384 g/mol. The summed E-state index contributed by atoms with van der Waals surface area (Å²) in [5.74, 6) is 0.0280. The molecule has 1 aliphatic rings. The van der Waals surface area contributed by atoms with Gasteiger partial charge in [-0.2, -0.15) is 10.2 Å². The number of fused-ring (bicyclic) bond motifs is 1. The van der Waals surface area contributed by atoms with Crippen molar-refractivity contribution in [1.29, 1.82) is 0 Å². The Labute approximate surface area is 172 Å². The summed E-state index contributed by atoms with van der Waals surface area (Å²) in [5, 5.41) is 12.8. The quantitative estimate of drug-likeness (QED) is 0.509. The van der Waals surface area contributed by atoms with Gasteiger partial charge in [0.2, 0.25) is 6.20 Å². The Morgan fingerprint density at radius 1 is 1.24 bits per heavy atom. The molecule has 0 radical (unpaired) electrons. The molecular formula is C21H23N6OS+. The second kappa shape index (κ2) is 7.44. The van der Waals surface area contributed by atoms with Crippen molar-refractivity contribution in [2.45, 2.75) is 38.1 Å². The first-order chi connectivity index (χ1) is 14.2. The number of carbonyl (C=O) groups is 1. The second-order valence-electron chi connectivity index (χ2n) is 7.65. The molecule has 8 heteroatoms. The summed E-state index contributed by atoms with van der Waals surface area (Å²) < 4.78 is 3.68. The van der Waals surface area contributed by atoms with E-state index in [9.17, 15) is 4.79 Å². The van der Waals surface area contributed by atoms with Crippen LogP contribution < -0.4 is 10.00 Å². The molecule has 4 aromatic rings. The fraction of sp³-hybridized carbons (Fsp3) is 0.333. The summed E-state index contributed by atoms with van der Waals surface area (Å²) in [6.45, 7) is 0. The molecule has 7 nitrogen and oxygen atoms in total. The first-order valence-corrected chi connectivity index (χ1v) is 10.8. The molecule has 148 valence electrons. The Morgan fingerprint density at radius 3 is 2.90 bits per heavy atom. The predicted octanol–water partition coefficient (Wildman–Crippen LogP) is 3.34. The number of thiophene rings is 1. The number of aromatic nitrogens is 5. The Balaban J connectivity index is 1.39. The van der Waals surface area contributed by atoms with E-state index >= 15 is 0 Å². The lowest BCUT2D eigenvalue weighted by Crippen LogP contribution is -2.35. The SMILES string of the molecule is C[n+]1cc(-c2cnc3c(-c4csc(C(=O)NC5CCCCC5)c4)cnn3c2)c[nH]1. The fourth-order valence-corrected chi connectivity index (χ4v) is 4.75. The Bertz CT molecular complexity index is 1170. The topological polar surface area (TPSA) is 79.0 Å². The van der Waals surface area contributed by atoms with Crippen molar-refractivity contribution in [1.82, 2.24) is 25.0 Å². The second-order valence-corrected chi connectivity index (χ2v) is 8.56. The van der Waals surface area contributed by atoms with Gasteiger partial charge in [-0.1, -0.05) is 19.3 Å². The number of hydrogen-bond donors (Lipinski definition) is 2. The van der Waals surface area contributed by atoms with E-state index in [1.54, 1.807) is 4.52 Å². The van der Waals surface area contributed by atoms with Crippen LogP contribution in [0.15, 0.2) is 42.4 Å². The number of aryl methyl sites for hydroxylation is 1. The summed E-state index contributed by atoms with van der Waals surface area (Å²) in [7, 11) is 1.94. The summed E-state index contributed by atoms with van der Waals surface area (Å²) in [5.41, 5.74) is 4.74. The summed E-state index contributed by atoms with van der Waals surface area (Å²) in [6.07, 6.45) is 15.4. The van der Waals surface area contributed by atoms with E-state index in [2.05, 4.69) is 20.5 Å². The molecule has 0 saturated heterocycles. The van der Waals surface area contributed by atoms with E-state index in [1.807, 2.05) is 54.2 Å². The molecule has 1 aliphatic carbocycles. The first-order valence-electron chi connectivity index (χ1n) is 9.95. The molecule has 4 heterocycles. The van der Waals surface area contributed by atoms with Gasteiger partial charge in [0.1, 0.15) is 0 Å². The van der Waals surface area contributed by atoms with Crippen LogP contribution in [0, 0.1) is 0 Å². The molecule has 0 aromatic carbocycles. The van der Waals surface area contributed by atoms with Crippen LogP contribution in [0.2, 0.25) is 0 Å². The third kappa shape index (κ3) is 3.55. The number of nitrogens with zero attached hydrogens (tertiary/aromatic N) is 4. The van der Waals surface area contributed by atoms with Crippen molar-refractivity contribution in [2.75, 3.05) is 0 Å². The zero-order chi connectivity index (χ0) is 19.8. The molecule has 4 aromatic heterocycles. The van der Waals surface area contributed by atoms with Gasteiger partial charge in [0.25, 0.3) is 5.91 Å². The lowest BCUT2D eigenvalue weighted by molar-refractivity contribution is -0.726. The number of amides is 1. The van der Waals surface area contributed by atoms with Gasteiger partial charge in [-0.05, 0) is 29.9 Å². The van der Waals surface area contributed by atoms with Crippen LogP contribution in [0.5, 0.6) is 0 Å². The van der Waals surface area contributed by atoms with Gasteiger partial charge >= 0.3 is 0 Å². The van der Waals surface area contributed by atoms with E-state index in [0.29, 0.717) is 6.04 Å². The lowest BCUT2D eigenvalue weighted by atomic mass is 9.95. The van der Waals surface area contributed by atoms with Crippen molar-refractivity contribution in [2.24, 2.45) is 7.05 Å². The molecule has 0 atom stereocenters. The average molecular weight is 408 g/mol. The van der Waals surface area contributed by atoms with Crippen LogP contribution in [-0.4, -0.2) is 31.6 Å². The van der Waals surface area contributed by atoms with Crippen LogP contribution in [-0.2, 0) is 7.05 Å². The summed E-state index contributed by atoms with van der Waals surface area (Å²) in [4.78, 5) is 18.0. The van der Waals surface area contributed by atoms with Crippen molar-refractivity contribution in [3.8, 4) is 22.3 Å². The van der Waals surface area contributed by atoms with Crippen molar-refractivity contribution in [3.05, 3.63) is 47.3 Å². The third-order valence-corrected chi connectivity index (χ3v) is 6.45. The highest BCUT2D eigenvalue weighted by atomic mass is 32.1. The molecule has 0 spiro atoms. The smallest absolute Gasteiger partial charge is 0.261 e.